The maximum absolute atomic E-state index is 10.4. The van der Waals surface area contributed by atoms with Crippen LogP contribution in [0.1, 0.15) is 25.7 Å². The van der Waals surface area contributed by atoms with Gasteiger partial charge >= 0.3 is 5.97 Å². The Hall–Kier alpha value is -0.570. The van der Waals surface area contributed by atoms with Gasteiger partial charge in [0.15, 0.2) is 0 Å². The molecule has 0 aliphatic heterocycles. The summed E-state index contributed by atoms with van der Waals surface area (Å²) in [5.74, 6) is -0.955. The summed E-state index contributed by atoms with van der Waals surface area (Å²) in [6.07, 6.45) is 2.79. The van der Waals surface area contributed by atoms with E-state index in [1.165, 1.54) is 0 Å². The number of carboxylic acid groups (broad SMARTS) is 1. The second-order valence-corrected chi connectivity index (χ2v) is 2.68. The molecule has 0 spiro atoms. The van der Waals surface area contributed by atoms with Gasteiger partial charge in [-0.25, -0.2) is 0 Å². The maximum Gasteiger partial charge on any atom is 0.306 e. The highest BCUT2D eigenvalue weighted by Crippen LogP contribution is 2.27. The number of hydrogen-bond donors (Lipinski definition) is 2. The minimum absolute atomic E-state index is 0.226. The van der Waals surface area contributed by atoms with Crippen molar-refractivity contribution in [2.45, 2.75) is 25.7 Å². The van der Waals surface area contributed by atoms with Gasteiger partial charge in [0.1, 0.15) is 0 Å². The molecule has 10 heavy (non-hydrogen) atoms. The Labute approximate surface area is 59.7 Å². The third kappa shape index (κ3) is 1.70. The van der Waals surface area contributed by atoms with E-state index in [2.05, 4.69) is 0 Å². The molecular formula is C7H11O3. The van der Waals surface area contributed by atoms with Gasteiger partial charge in [0.25, 0.3) is 0 Å². The maximum atomic E-state index is 10.4. The van der Waals surface area contributed by atoms with Crippen molar-refractivity contribution in [1.82, 2.24) is 0 Å². The van der Waals surface area contributed by atoms with Crippen molar-refractivity contribution in [3.8, 4) is 0 Å². The van der Waals surface area contributed by atoms with Gasteiger partial charge < -0.3 is 10.2 Å². The first-order chi connectivity index (χ1) is 4.70. The van der Waals surface area contributed by atoms with E-state index < -0.39 is 5.97 Å². The van der Waals surface area contributed by atoms with Crippen molar-refractivity contribution in [1.29, 1.82) is 0 Å². The smallest absolute Gasteiger partial charge is 0.306 e. The highest BCUT2D eigenvalue weighted by molar-refractivity contribution is 5.70. The van der Waals surface area contributed by atoms with Crippen LogP contribution < -0.4 is 0 Å². The first-order valence-electron chi connectivity index (χ1n) is 3.46. The van der Waals surface area contributed by atoms with E-state index in [0.717, 1.165) is 0 Å². The SMILES string of the molecule is O=C(O)C1CC[C](O)CC1. The van der Waals surface area contributed by atoms with Crippen molar-refractivity contribution in [2.24, 2.45) is 5.92 Å². The minimum Gasteiger partial charge on any atom is -0.481 e. The first-order valence-corrected chi connectivity index (χ1v) is 3.46. The van der Waals surface area contributed by atoms with Crippen LogP contribution >= 0.6 is 0 Å². The summed E-state index contributed by atoms with van der Waals surface area (Å²) in [6, 6.07) is 0. The monoisotopic (exact) mass is 143 g/mol. The Balaban J connectivity index is 2.33. The zero-order valence-corrected chi connectivity index (χ0v) is 5.71. The average Bonchev–Trinajstić information content (AvgIpc) is 1.88. The molecule has 0 saturated heterocycles. The summed E-state index contributed by atoms with van der Waals surface area (Å²) in [6.45, 7) is 0. The van der Waals surface area contributed by atoms with Gasteiger partial charge in [0, 0.05) is 0 Å². The lowest BCUT2D eigenvalue weighted by Gasteiger charge is -2.20. The highest BCUT2D eigenvalue weighted by Gasteiger charge is 2.24. The zero-order chi connectivity index (χ0) is 7.56. The van der Waals surface area contributed by atoms with Gasteiger partial charge in [-0.2, -0.15) is 0 Å². The summed E-state index contributed by atoms with van der Waals surface area (Å²) >= 11 is 0. The topological polar surface area (TPSA) is 57.5 Å². The first kappa shape index (κ1) is 7.54. The molecule has 1 fully saturated rings. The van der Waals surface area contributed by atoms with Gasteiger partial charge in [0.05, 0.1) is 12.0 Å². The molecule has 0 bridgehead atoms. The number of carbonyl (C=O) groups is 1. The Morgan fingerprint density at radius 1 is 1.40 bits per heavy atom. The molecule has 0 aromatic heterocycles. The Bertz CT molecular complexity index is 125. The Kier molecular flexibility index (Phi) is 2.27. The van der Waals surface area contributed by atoms with Crippen molar-refractivity contribution >= 4 is 5.97 Å². The molecule has 0 heterocycles. The van der Waals surface area contributed by atoms with Gasteiger partial charge in [-0.05, 0) is 25.7 Å². The summed E-state index contributed by atoms with van der Waals surface area (Å²) < 4.78 is 0. The molecule has 0 aromatic rings. The molecule has 1 rings (SSSR count). The quantitative estimate of drug-likeness (QED) is 0.579. The minimum atomic E-state index is -0.729. The van der Waals surface area contributed by atoms with Crippen molar-refractivity contribution in [3.05, 3.63) is 6.10 Å². The second kappa shape index (κ2) is 3.01. The molecule has 1 saturated carbocycles. The van der Waals surface area contributed by atoms with Gasteiger partial charge in [0.2, 0.25) is 0 Å². The Morgan fingerprint density at radius 2 is 1.90 bits per heavy atom. The normalized spacial score (nSPS) is 22.9. The van der Waals surface area contributed by atoms with E-state index >= 15 is 0 Å². The molecule has 0 atom stereocenters. The predicted molar refractivity (Wildman–Crippen MR) is 34.8 cm³/mol. The molecule has 0 amide bonds. The summed E-state index contributed by atoms with van der Waals surface area (Å²) in [4.78, 5) is 10.4. The van der Waals surface area contributed by atoms with E-state index in [-0.39, 0.29) is 5.92 Å². The van der Waals surface area contributed by atoms with E-state index in [1.807, 2.05) is 0 Å². The van der Waals surface area contributed by atoms with E-state index in [4.69, 9.17) is 10.2 Å². The van der Waals surface area contributed by atoms with Crippen molar-refractivity contribution in [2.75, 3.05) is 0 Å². The molecule has 57 valence electrons. The largest absolute Gasteiger partial charge is 0.481 e. The molecule has 1 aliphatic carbocycles. The fourth-order valence-corrected chi connectivity index (χ4v) is 1.20. The molecule has 1 radical (unpaired) electrons. The molecule has 0 aromatic carbocycles. The van der Waals surface area contributed by atoms with Crippen LogP contribution in [0.3, 0.4) is 0 Å². The fourth-order valence-electron chi connectivity index (χ4n) is 1.20. The number of aliphatic carboxylic acids is 1. The fraction of sp³-hybridized carbons (Fsp3) is 0.714. The molecule has 0 unspecified atom stereocenters. The van der Waals surface area contributed by atoms with Gasteiger partial charge in [-0.1, -0.05) is 0 Å². The number of aliphatic hydroxyl groups is 1. The van der Waals surface area contributed by atoms with Crippen LogP contribution in [0.4, 0.5) is 0 Å². The standard InChI is InChI=1S/C7H11O3/c8-6-3-1-5(2-4-6)7(9)10/h5,8H,1-4H2,(H,9,10). The lowest BCUT2D eigenvalue weighted by Crippen LogP contribution is -2.20. The van der Waals surface area contributed by atoms with Crippen molar-refractivity contribution in [3.63, 3.8) is 0 Å². The summed E-state index contributed by atoms with van der Waals surface area (Å²) in [7, 11) is 0. The molecule has 3 heteroatoms. The van der Waals surface area contributed by atoms with Crippen LogP contribution in [0, 0.1) is 12.0 Å². The van der Waals surface area contributed by atoms with Crippen LogP contribution in [0.25, 0.3) is 0 Å². The lowest BCUT2D eigenvalue weighted by molar-refractivity contribution is -0.142. The van der Waals surface area contributed by atoms with Crippen LogP contribution in [0.15, 0.2) is 0 Å². The third-order valence-corrected chi connectivity index (χ3v) is 1.91. The summed E-state index contributed by atoms with van der Waals surface area (Å²) in [5, 5.41) is 17.5. The van der Waals surface area contributed by atoms with Gasteiger partial charge in [-0.15, -0.1) is 0 Å². The molecule has 2 N–H and O–H groups in total. The number of carboxylic acids is 1. The molecule has 1 aliphatic rings. The predicted octanol–water partition coefficient (Wildman–Crippen LogP) is 1.17. The zero-order valence-electron chi connectivity index (χ0n) is 5.71. The van der Waals surface area contributed by atoms with Crippen LogP contribution in [-0.4, -0.2) is 16.2 Å². The lowest BCUT2D eigenvalue weighted by atomic mass is 9.88. The second-order valence-electron chi connectivity index (χ2n) is 2.68. The average molecular weight is 143 g/mol. The van der Waals surface area contributed by atoms with E-state index in [9.17, 15) is 4.79 Å². The van der Waals surface area contributed by atoms with Crippen molar-refractivity contribution < 1.29 is 15.0 Å². The number of rotatable bonds is 1. The van der Waals surface area contributed by atoms with Gasteiger partial charge in [-0.3, -0.25) is 4.79 Å². The van der Waals surface area contributed by atoms with E-state index in [0.29, 0.717) is 31.8 Å². The summed E-state index contributed by atoms with van der Waals surface area (Å²) in [5.41, 5.74) is 0. The van der Waals surface area contributed by atoms with Crippen LogP contribution in [-0.2, 0) is 4.79 Å². The number of hydrogen-bond acceptors (Lipinski definition) is 2. The number of aliphatic hydroxyl groups excluding tert-OH is 1. The Morgan fingerprint density at radius 3 is 2.30 bits per heavy atom. The highest BCUT2D eigenvalue weighted by atomic mass is 16.4. The van der Waals surface area contributed by atoms with Crippen LogP contribution in [0.2, 0.25) is 0 Å². The third-order valence-electron chi connectivity index (χ3n) is 1.91. The molecular weight excluding hydrogens is 132 g/mol. The van der Waals surface area contributed by atoms with Crippen LogP contribution in [0.5, 0.6) is 0 Å². The molecule has 3 nitrogen and oxygen atoms in total. The van der Waals surface area contributed by atoms with E-state index in [1.54, 1.807) is 0 Å².